The molecule has 1 aliphatic heterocycles. The zero-order valence-corrected chi connectivity index (χ0v) is 14.1. The minimum absolute atomic E-state index is 0.176. The van der Waals surface area contributed by atoms with Gasteiger partial charge in [0.2, 0.25) is 11.8 Å². The van der Waals surface area contributed by atoms with Gasteiger partial charge in [-0.2, -0.15) is 13.2 Å². The second-order valence-electron chi connectivity index (χ2n) is 6.10. The van der Waals surface area contributed by atoms with Gasteiger partial charge in [-0.25, -0.2) is 0 Å². The smallest absolute Gasteiger partial charge is 0.389 e. The van der Waals surface area contributed by atoms with Crippen molar-refractivity contribution in [2.75, 3.05) is 20.2 Å². The van der Waals surface area contributed by atoms with Crippen LogP contribution in [0, 0.1) is 0 Å². The third-order valence-electron chi connectivity index (χ3n) is 4.23. The van der Waals surface area contributed by atoms with E-state index in [9.17, 15) is 22.8 Å². The van der Waals surface area contributed by atoms with Gasteiger partial charge >= 0.3 is 6.18 Å². The number of methoxy groups -OCH3 is 1. The molecule has 1 saturated heterocycles. The predicted molar refractivity (Wildman–Crippen MR) is 85.2 cm³/mol. The molecule has 0 aromatic heterocycles. The van der Waals surface area contributed by atoms with Crippen molar-refractivity contribution in [1.82, 2.24) is 10.2 Å². The van der Waals surface area contributed by atoms with Gasteiger partial charge in [0, 0.05) is 32.4 Å². The van der Waals surface area contributed by atoms with Crippen molar-refractivity contribution < 1.29 is 27.5 Å². The Morgan fingerprint density at radius 1 is 1.24 bits per heavy atom. The van der Waals surface area contributed by atoms with Gasteiger partial charge in [0.25, 0.3) is 0 Å². The highest BCUT2D eigenvalue weighted by Gasteiger charge is 2.37. The lowest BCUT2D eigenvalue weighted by molar-refractivity contribution is -0.148. The van der Waals surface area contributed by atoms with Crippen molar-refractivity contribution in [3.63, 3.8) is 0 Å². The van der Waals surface area contributed by atoms with E-state index in [2.05, 4.69) is 5.32 Å². The van der Waals surface area contributed by atoms with Crippen LogP contribution in [0.4, 0.5) is 13.2 Å². The van der Waals surface area contributed by atoms with Crippen LogP contribution in [0.2, 0.25) is 0 Å². The van der Waals surface area contributed by atoms with Crippen molar-refractivity contribution in [1.29, 1.82) is 0 Å². The number of rotatable bonds is 5. The number of likely N-dealkylation sites (tertiary alicyclic amines) is 1. The molecule has 8 heteroatoms. The Hall–Kier alpha value is -2.25. The van der Waals surface area contributed by atoms with E-state index in [1.54, 1.807) is 19.2 Å². The van der Waals surface area contributed by atoms with Gasteiger partial charge in [0.05, 0.1) is 19.6 Å². The SMILES string of the molecule is COc1ccc([C@@H]2CN(C(=O)CCC(F)(F)F)C[C@H]2NC(C)=O)cc1. The molecule has 0 saturated carbocycles. The minimum Gasteiger partial charge on any atom is -0.497 e. The molecule has 25 heavy (non-hydrogen) atoms. The number of halogens is 3. The molecule has 138 valence electrons. The maximum absolute atomic E-state index is 12.3. The van der Waals surface area contributed by atoms with Crippen LogP contribution in [0.25, 0.3) is 0 Å². The molecule has 1 N–H and O–H groups in total. The summed E-state index contributed by atoms with van der Waals surface area (Å²) in [6.07, 6.45) is -6.08. The normalized spacial score (nSPS) is 20.4. The van der Waals surface area contributed by atoms with Crippen molar-refractivity contribution in [2.45, 2.75) is 37.9 Å². The van der Waals surface area contributed by atoms with Gasteiger partial charge in [-0.15, -0.1) is 0 Å². The van der Waals surface area contributed by atoms with E-state index in [4.69, 9.17) is 4.74 Å². The molecule has 0 radical (unpaired) electrons. The third-order valence-corrected chi connectivity index (χ3v) is 4.23. The van der Waals surface area contributed by atoms with Crippen molar-refractivity contribution in [2.24, 2.45) is 0 Å². The number of alkyl halides is 3. The van der Waals surface area contributed by atoms with E-state index in [0.717, 1.165) is 5.56 Å². The molecule has 0 unspecified atom stereocenters. The second kappa shape index (κ2) is 7.76. The predicted octanol–water partition coefficient (Wildman–Crippen LogP) is 2.47. The minimum atomic E-state index is -4.36. The molecule has 0 bridgehead atoms. The first kappa shape index (κ1) is 19.1. The third kappa shape index (κ3) is 5.37. The Morgan fingerprint density at radius 3 is 2.40 bits per heavy atom. The van der Waals surface area contributed by atoms with Gasteiger partial charge in [0.1, 0.15) is 5.75 Å². The van der Waals surface area contributed by atoms with Gasteiger partial charge in [-0.3, -0.25) is 9.59 Å². The van der Waals surface area contributed by atoms with E-state index in [0.29, 0.717) is 5.75 Å². The average molecular weight is 358 g/mol. The monoisotopic (exact) mass is 358 g/mol. The summed E-state index contributed by atoms with van der Waals surface area (Å²) in [6, 6.07) is 6.88. The lowest BCUT2D eigenvalue weighted by Gasteiger charge is -2.19. The second-order valence-corrected chi connectivity index (χ2v) is 6.10. The van der Waals surface area contributed by atoms with Gasteiger partial charge < -0.3 is 15.0 Å². The van der Waals surface area contributed by atoms with Gasteiger partial charge in [-0.05, 0) is 17.7 Å². The van der Waals surface area contributed by atoms with Crippen LogP contribution in [-0.4, -0.2) is 49.1 Å². The lowest BCUT2D eigenvalue weighted by atomic mass is 9.94. The zero-order chi connectivity index (χ0) is 18.6. The number of nitrogens with one attached hydrogen (secondary N) is 1. The number of benzene rings is 1. The number of amides is 2. The van der Waals surface area contributed by atoms with Crippen molar-refractivity contribution in [3.8, 4) is 5.75 Å². The highest BCUT2D eigenvalue weighted by atomic mass is 19.4. The van der Waals surface area contributed by atoms with E-state index < -0.39 is 24.9 Å². The van der Waals surface area contributed by atoms with Crippen LogP contribution >= 0.6 is 0 Å². The van der Waals surface area contributed by atoms with Gasteiger partial charge in [-0.1, -0.05) is 12.1 Å². The Kier molecular flexibility index (Phi) is 5.92. The molecule has 1 aliphatic rings. The molecule has 0 spiro atoms. The lowest BCUT2D eigenvalue weighted by Crippen LogP contribution is -2.39. The fraction of sp³-hybridized carbons (Fsp3) is 0.529. The maximum Gasteiger partial charge on any atom is 0.389 e. The number of carbonyl (C=O) groups is 2. The van der Waals surface area contributed by atoms with Crippen LogP contribution in [0.15, 0.2) is 24.3 Å². The molecule has 2 atom stereocenters. The van der Waals surface area contributed by atoms with E-state index in [-0.39, 0.29) is 31.0 Å². The van der Waals surface area contributed by atoms with E-state index in [1.165, 1.54) is 11.8 Å². The molecule has 0 aliphatic carbocycles. The quantitative estimate of drug-likeness (QED) is 0.880. The van der Waals surface area contributed by atoms with Crippen LogP contribution in [0.1, 0.15) is 31.2 Å². The average Bonchev–Trinajstić information content (AvgIpc) is 2.95. The van der Waals surface area contributed by atoms with Gasteiger partial charge in [0.15, 0.2) is 0 Å². The number of carbonyl (C=O) groups excluding carboxylic acids is 2. The number of ether oxygens (including phenoxy) is 1. The summed E-state index contributed by atoms with van der Waals surface area (Å²) in [5.41, 5.74) is 0.894. The summed E-state index contributed by atoms with van der Waals surface area (Å²) < 4.78 is 42.1. The number of nitrogens with zero attached hydrogens (tertiary/aromatic N) is 1. The first-order valence-electron chi connectivity index (χ1n) is 7.95. The van der Waals surface area contributed by atoms with Crippen molar-refractivity contribution >= 4 is 11.8 Å². The van der Waals surface area contributed by atoms with Crippen molar-refractivity contribution in [3.05, 3.63) is 29.8 Å². The van der Waals surface area contributed by atoms with Crippen LogP contribution in [-0.2, 0) is 9.59 Å². The zero-order valence-electron chi connectivity index (χ0n) is 14.1. The highest BCUT2D eigenvalue weighted by Crippen LogP contribution is 2.30. The first-order valence-corrected chi connectivity index (χ1v) is 7.95. The van der Waals surface area contributed by atoms with E-state index >= 15 is 0 Å². The van der Waals surface area contributed by atoms with Crippen LogP contribution < -0.4 is 10.1 Å². The summed E-state index contributed by atoms with van der Waals surface area (Å²) in [4.78, 5) is 24.9. The largest absolute Gasteiger partial charge is 0.497 e. The first-order chi connectivity index (χ1) is 11.7. The summed E-state index contributed by atoms with van der Waals surface area (Å²) in [5.74, 6) is -0.294. The summed E-state index contributed by atoms with van der Waals surface area (Å²) >= 11 is 0. The summed E-state index contributed by atoms with van der Waals surface area (Å²) in [6.45, 7) is 1.85. The Balaban J connectivity index is 2.10. The van der Waals surface area contributed by atoms with Crippen LogP contribution in [0.3, 0.4) is 0 Å². The summed E-state index contributed by atoms with van der Waals surface area (Å²) in [5, 5.41) is 2.79. The molecular weight excluding hydrogens is 337 g/mol. The molecule has 5 nitrogen and oxygen atoms in total. The Bertz CT molecular complexity index is 617. The number of hydrogen-bond acceptors (Lipinski definition) is 3. The number of hydrogen-bond donors (Lipinski definition) is 1. The maximum atomic E-state index is 12.3. The molecule has 1 aromatic carbocycles. The molecular formula is C17H21F3N2O3. The molecule has 2 amide bonds. The Morgan fingerprint density at radius 2 is 1.88 bits per heavy atom. The Labute approximate surface area is 144 Å². The standard InChI is InChI=1S/C17H21F3N2O3/c1-11(23)21-15-10-22(16(24)7-8-17(18,19)20)9-14(15)12-3-5-13(25-2)6-4-12/h3-6,14-15H,7-10H2,1-2H3,(H,21,23)/t14-,15+/m0/s1. The molecule has 2 rings (SSSR count). The highest BCUT2D eigenvalue weighted by molar-refractivity contribution is 5.77. The van der Waals surface area contributed by atoms with E-state index in [1.807, 2.05) is 12.1 Å². The molecule has 1 fully saturated rings. The molecule has 1 heterocycles. The fourth-order valence-corrected chi connectivity index (χ4v) is 3.01. The molecule has 1 aromatic rings. The topological polar surface area (TPSA) is 58.6 Å². The fourth-order valence-electron chi connectivity index (χ4n) is 3.01. The summed E-state index contributed by atoms with van der Waals surface area (Å²) in [7, 11) is 1.55. The van der Waals surface area contributed by atoms with Crippen LogP contribution in [0.5, 0.6) is 5.75 Å².